The van der Waals surface area contributed by atoms with E-state index in [2.05, 4.69) is 52.8 Å². The number of hydrogen-bond acceptors (Lipinski definition) is 6. The fraction of sp³-hybridized carbons (Fsp3) is 0.391. The fourth-order valence-corrected chi connectivity index (χ4v) is 4.19. The van der Waals surface area contributed by atoms with Gasteiger partial charge in [-0.1, -0.05) is 24.3 Å². The molecule has 0 N–H and O–H groups in total. The van der Waals surface area contributed by atoms with Crippen molar-refractivity contribution in [3.05, 3.63) is 43.0 Å². The maximum absolute atomic E-state index is 6.32. The molecule has 3 aromatic heterocycles. The number of benzene rings is 1. The van der Waals surface area contributed by atoms with E-state index < -0.39 is 0 Å². The first-order valence-corrected chi connectivity index (χ1v) is 10.3. The SMILES string of the molecule is Cn1c(-c2cncc3ccccc23)nc2c(OC3CCN(C(C)(C)C)C3)ncnc21. The summed E-state index contributed by atoms with van der Waals surface area (Å²) in [5.41, 5.74) is 2.56. The first-order chi connectivity index (χ1) is 14.4. The second-order valence-corrected chi connectivity index (χ2v) is 8.90. The molecule has 1 aromatic carbocycles. The van der Waals surface area contributed by atoms with E-state index in [9.17, 15) is 0 Å². The smallest absolute Gasteiger partial charge is 0.245 e. The summed E-state index contributed by atoms with van der Waals surface area (Å²) in [6.07, 6.45) is 6.37. The van der Waals surface area contributed by atoms with Gasteiger partial charge in [0.1, 0.15) is 18.3 Å². The van der Waals surface area contributed by atoms with Gasteiger partial charge in [0.15, 0.2) is 11.2 Å². The van der Waals surface area contributed by atoms with Gasteiger partial charge < -0.3 is 9.30 Å². The molecule has 0 amide bonds. The van der Waals surface area contributed by atoms with E-state index in [1.807, 2.05) is 36.1 Å². The first-order valence-electron chi connectivity index (χ1n) is 10.3. The number of fused-ring (bicyclic) bond motifs is 2. The van der Waals surface area contributed by atoms with Crippen LogP contribution < -0.4 is 4.74 Å². The molecule has 1 atom stereocenters. The van der Waals surface area contributed by atoms with Gasteiger partial charge in [0, 0.05) is 49.0 Å². The van der Waals surface area contributed by atoms with E-state index in [1.54, 1.807) is 6.33 Å². The Morgan fingerprint density at radius 1 is 1.10 bits per heavy atom. The number of pyridine rings is 1. The predicted octanol–water partition coefficient (Wildman–Crippen LogP) is 3.83. The summed E-state index contributed by atoms with van der Waals surface area (Å²) in [6.45, 7) is 8.63. The van der Waals surface area contributed by atoms with Crippen molar-refractivity contribution in [2.45, 2.75) is 38.8 Å². The lowest BCUT2D eigenvalue weighted by atomic mass is 10.1. The maximum Gasteiger partial charge on any atom is 0.245 e. The van der Waals surface area contributed by atoms with Crippen molar-refractivity contribution in [1.82, 2.24) is 29.4 Å². The highest BCUT2D eigenvalue weighted by Crippen LogP contribution is 2.32. The molecule has 1 aliphatic heterocycles. The average molecular weight is 403 g/mol. The highest BCUT2D eigenvalue weighted by molar-refractivity contribution is 5.96. The van der Waals surface area contributed by atoms with E-state index in [4.69, 9.17) is 9.72 Å². The second kappa shape index (κ2) is 7.02. The summed E-state index contributed by atoms with van der Waals surface area (Å²) in [5, 5.41) is 2.19. The van der Waals surface area contributed by atoms with Gasteiger partial charge in [-0.3, -0.25) is 9.88 Å². The maximum atomic E-state index is 6.32. The van der Waals surface area contributed by atoms with Gasteiger partial charge in [-0.15, -0.1) is 0 Å². The topological polar surface area (TPSA) is 69.0 Å². The van der Waals surface area contributed by atoms with Crippen molar-refractivity contribution in [2.75, 3.05) is 13.1 Å². The van der Waals surface area contributed by atoms with E-state index >= 15 is 0 Å². The van der Waals surface area contributed by atoms with E-state index in [0.717, 1.165) is 47.3 Å². The van der Waals surface area contributed by atoms with Gasteiger partial charge in [0.2, 0.25) is 5.88 Å². The normalized spacial score (nSPS) is 17.8. The Morgan fingerprint density at radius 3 is 2.73 bits per heavy atom. The molecule has 7 heteroatoms. The summed E-state index contributed by atoms with van der Waals surface area (Å²) < 4.78 is 8.31. The Kier molecular flexibility index (Phi) is 4.43. The molecule has 1 saturated heterocycles. The minimum Gasteiger partial charge on any atom is -0.471 e. The third-order valence-corrected chi connectivity index (χ3v) is 5.90. The third kappa shape index (κ3) is 3.19. The van der Waals surface area contributed by atoms with Crippen molar-refractivity contribution in [3.63, 3.8) is 0 Å². The quantitative estimate of drug-likeness (QED) is 0.519. The Morgan fingerprint density at radius 2 is 1.93 bits per heavy atom. The van der Waals surface area contributed by atoms with Crippen molar-refractivity contribution in [2.24, 2.45) is 7.05 Å². The van der Waals surface area contributed by atoms with Crippen molar-refractivity contribution in [3.8, 4) is 17.3 Å². The molecule has 7 nitrogen and oxygen atoms in total. The molecular formula is C23H26N6O. The molecule has 0 bridgehead atoms. The second-order valence-electron chi connectivity index (χ2n) is 8.90. The van der Waals surface area contributed by atoms with E-state index in [-0.39, 0.29) is 11.6 Å². The molecule has 4 aromatic rings. The Hall–Kier alpha value is -3.06. The van der Waals surface area contributed by atoms with Gasteiger partial charge in [0.25, 0.3) is 0 Å². The zero-order valence-electron chi connectivity index (χ0n) is 17.8. The Balaban J connectivity index is 1.54. The number of aryl methyl sites for hydroxylation is 1. The van der Waals surface area contributed by atoms with Gasteiger partial charge in [-0.05, 0) is 32.6 Å². The average Bonchev–Trinajstić information content (AvgIpc) is 3.33. The fourth-order valence-electron chi connectivity index (χ4n) is 4.19. The largest absolute Gasteiger partial charge is 0.471 e. The summed E-state index contributed by atoms with van der Waals surface area (Å²) in [5.74, 6) is 1.36. The number of imidazole rings is 1. The summed E-state index contributed by atoms with van der Waals surface area (Å²) in [4.78, 5) is 20.7. The number of aromatic nitrogens is 5. The standard InChI is InChI=1S/C23H26N6O/c1-23(2,3)29-10-9-16(13-29)30-22-19-21(25-14-26-22)28(4)20(27-19)18-12-24-11-15-7-5-6-8-17(15)18/h5-8,11-12,14,16H,9-10,13H2,1-4H3. The van der Waals surface area contributed by atoms with Crippen LogP contribution in [0.2, 0.25) is 0 Å². The van der Waals surface area contributed by atoms with Gasteiger partial charge in [-0.25, -0.2) is 9.97 Å². The first kappa shape index (κ1) is 18.9. The van der Waals surface area contributed by atoms with Gasteiger partial charge >= 0.3 is 0 Å². The molecule has 0 radical (unpaired) electrons. The molecule has 30 heavy (non-hydrogen) atoms. The number of hydrogen-bond donors (Lipinski definition) is 0. The molecule has 1 unspecified atom stereocenters. The minimum atomic E-state index is 0.104. The molecular weight excluding hydrogens is 376 g/mol. The van der Waals surface area contributed by atoms with Crippen LogP contribution in [0.5, 0.6) is 5.88 Å². The minimum absolute atomic E-state index is 0.104. The van der Waals surface area contributed by atoms with Crippen LogP contribution >= 0.6 is 0 Å². The van der Waals surface area contributed by atoms with E-state index in [0.29, 0.717) is 11.4 Å². The van der Waals surface area contributed by atoms with Crippen LogP contribution in [0.25, 0.3) is 33.3 Å². The van der Waals surface area contributed by atoms with E-state index in [1.165, 1.54) is 0 Å². The lowest BCUT2D eigenvalue weighted by molar-refractivity contribution is 0.139. The molecule has 0 aliphatic carbocycles. The van der Waals surface area contributed by atoms with Crippen LogP contribution in [-0.4, -0.2) is 54.1 Å². The zero-order valence-corrected chi connectivity index (χ0v) is 17.8. The molecule has 1 fully saturated rings. The molecule has 0 spiro atoms. The number of nitrogens with zero attached hydrogens (tertiary/aromatic N) is 6. The third-order valence-electron chi connectivity index (χ3n) is 5.90. The van der Waals surface area contributed by atoms with Gasteiger partial charge in [0.05, 0.1) is 0 Å². The summed E-state index contributed by atoms with van der Waals surface area (Å²) >= 11 is 0. The molecule has 154 valence electrons. The summed E-state index contributed by atoms with van der Waals surface area (Å²) in [6, 6.07) is 8.20. The predicted molar refractivity (Wildman–Crippen MR) is 117 cm³/mol. The molecule has 5 rings (SSSR count). The lowest BCUT2D eigenvalue weighted by Gasteiger charge is -2.31. The van der Waals surface area contributed by atoms with Crippen molar-refractivity contribution in [1.29, 1.82) is 0 Å². The van der Waals surface area contributed by atoms with Crippen LogP contribution in [0.1, 0.15) is 27.2 Å². The monoisotopic (exact) mass is 402 g/mol. The molecule has 1 aliphatic rings. The highest BCUT2D eigenvalue weighted by atomic mass is 16.5. The van der Waals surface area contributed by atoms with Crippen molar-refractivity contribution >= 4 is 21.9 Å². The highest BCUT2D eigenvalue weighted by Gasteiger charge is 2.32. The van der Waals surface area contributed by atoms with Crippen LogP contribution in [0, 0.1) is 0 Å². The zero-order chi connectivity index (χ0) is 20.9. The Labute approximate surface area is 175 Å². The summed E-state index contributed by atoms with van der Waals surface area (Å²) in [7, 11) is 1.97. The van der Waals surface area contributed by atoms with Crippen LogP contribution in [0.3, 0.4) is 0 Å². The van der Waals surface area contributed by atoms with Crippen LogP contribution in [0.4, 0.5) is 0 Å². The Bertz CT molecular complexity index is 1220. The van der Waals surface area contributed by atoms with Gasteiger partial charge in [-0.2, -0.15) is 4.98 Å². The van der Waals surface area contributed by atoms with Crippen LogP contribution in [0.15, 0.2) is 43.0 Å². The number of ether oxygens (including phenoxy) is 1. The van der Waals surface area contributed by atoms with Crippen LogP contribution in [-0.2, 0) is 7.05 Å². The lowest BCUT2D eigenvalue weighted by Crippen LogP contribution is -2.40. The molecule has 0 saturated carbocycles. The number of likely N-dealkylation sites (tertiary alicyclic amines) is 1. The van der Waals surface area contributed by atoms with Crippen molar-refractivity contribution < 1.29 is 4.74 Å². The number of rotatable bonds is 3. The molecule has 4 heterocycles.